The zero-order valence-electron chi connectivity index (χ0n) is 8.58. The maximum Gasteiger partial charge on any atom is 0.409 e. The molecule has 1 saturated heterocycles. The van der Waals surface area contributed by atoms with Gasteiger partial charge in [-0.1, -0.05) is 0 Å². The Labute approximate surface area is 83.4 Å². The van der Waals surface area contributed by atoms with E-state index in [-0.39, 0.29) is 17.9 Å². The van der Waals surface area contributed by atoms with Crippen molar-refractivity contribution in [1.82, 2.24) is 10.2 Å². The van der Waals surface area contributed by atoms with E-state index < -0.39 is 0 Å². The van der Waals surface area contributed by atoms with Crippen molar-refractivity contribution in [2.75, 3.05) is 27.2 Å². The third-order valence-electron chi connectivity index (χ3n) is 2.47. The van der Waals surface area contributed by atoms with Gasteiger partial charge in [0.1, 0.15) is 0 Å². The summed E-state index contributed by atoms with van der Waals surface area (Å²) < 4.78 is 4.61. The van der Waals surface area contributed by atoms with Gasteiger partial charge >= 0.3 is 6.09 Å². The summed E-state index contributed by atoms with van der Waals surface area (Å²) >= 11 is 0. The molecule has 0 radical (unpaired) electrons. The maximum absolute atomic E-state index is 11.3. The summed E-state index contributed by atoms with van der Waals surface area (Å²) in [7, 11) is 2.96. The number of nitrogens with zero attached hydrogens (tertiary/aromatic N) is 1. The van der Waals surface area contributed by atoms with Crippen LogP contribution in [0.4, 0.5) is 4.79 Å². The molecule has 1 aliphatic rings. The summed E-state index contributed by atoms with van der Waals surface area (Å²) in [5.41, 5.74) is 0. The van der Waals surface area contributed by atoms with Crippen molar-refractivity contribution in [3.63, 3.8) is 0 Å². The number of hydrogen-bond acceptors (Lipinski definition) is 3. The molecular formula is C9H16N2O3. The molecule has 1 atom stereocenters. The Kier molecular flexibility index (Phi) is 3.73. The van der Waals surface area contributed by atoms with Crippen molar-refractivity contribution >= 4 is 12.0 Å². The molecule has 1 heterocycles. The Morgan fingerprint density at radius 3 is 2.79 bits per heavy atom. The Morgan fingerprint density at radius 1 is 1.50 bits per heavy atom. The number of methoxy groups -OCH3 is 1. The fraction of sp³-hybridized carbons (Fsp3) is 0.778. The van der Waals surface area contributed by atoms with Gasteiger partial charge in [-0.05, 0) is 12.8 Å². The number of hydrogen-bond donors (Lipinski definition) is 1. The molecule has 0 aliphatic carbocycles. The molecule has 14 heavy (non-hydrogen) atoms. The highest BCUT2D eigenvalue weighted by Crippen LogP contribution is 2.16. The summed E-state index contributed by atoms with van der Waals surface area (Å²) in [5, 5.41) is 2.59. The van der Waals surface area contributed by atoms with Crippen LogP contribution < -0.4 is 5.32 Å². The number of nitrogens with one attached hydrogen (secondary N) is 1. The highest BCUT2D eigenvalue weighted by molar-refractivity contribution is 5.79. The lowest BCUT2D eigenvalue weighted by molar-refractivity contribution is -0.125. The van der Waals surface area contributed by atoms with Crippen LogP contribution in [0.1, 0.15) is 12.8 Å². The van der Waals surface area contributed by atoms with Gasteiger partial charge in [-0.15, -0.1) is 0 Å². The summed E-state index contributed by atoms with van der Waals surface area (Å²) in [6.45, 7) is 1.15. The van der Waals surface area contributed by atoms with Gasteiger partial charge in [0.25, 0.3) is 0 Å². The number of piperidine rings is 1. The number of carbonyl (C=O) groups is 2. The molecule has 0 saturated carbocycles. The van der Waals surface area contributed by atoms with E-state index >= 15 is 0 Å². The van der Waals surface area contributed by atoms with Gasteiger partial charge in [-0.3, -0.25) is 4.79 Å². The van der Waals surface area contributed by atoms with Crippen molar-refractivity contribution in [2.45, 2.75) is 12.8 Å². The first-order chi connectivity index (χ1) is 6.69. The molecule has 1 N–H and O–H groups in total. The van der Waals surface area contributed by atoms with Crippen LogP contribution in [-0.2, 0) is 9.53 Å². The zero-order chi connectivity index (χ0) is 10.6. The number of carbonyl (C=O) groups excluding carboxylic acids is 2. The molecule has 1 fully saturated rings. The van der Waals surface area contributed by atoms with Gasteiger partial charge < -0.3 is 15.0 Å². The lowest BCUT2D eigenvalue weighted by Crippen LogP contribution is -2.44. The van der Waals surface area contributed by atoms with E-state index in [2.05, 4.69) is 10.1 Å². The largest absolute Gasteiger partial charge is 0.453 e. The first kappa shape index (κ1) is 10.8. The van der Waals surface area contributed by atoms with Crippen LogP contribution in [0, 0.1) is 5.92 Å². The summed E-state index contributed by atoms with van der Waals surface area (Å²) in [4.78, 5) is 24.1. The molecule has 0 aromatic heterocycles. The fourth-order valence-corrected chi connectivity index (χ4v) is 1.69. The van der Waals surface area contributed by atoms with Gasteiger partial charge in [0.15, 0.2) is 0 Å². The average Bonchev–Trinajstić information content (AvgIpc) is 2.27. The molecule has 1 rings (SSSR count). The van der Waals surface area contributed by atoms with Crippen molar-refractivity contribution in [3.8, 4) is 0 Å². The predicted octanol–water partition coefficient (Wildman–Crippen LogP) is 0.211. The van der Waals surface area contributed by atoms with Crippen LogP contribution in [0.15, 0.2) is 0 Å². The first-order valence-corrected chi connectivity index (χ1v) is 4.73. The number of likely N-dealkylation sites (tertiary alicyclic amines) is 1. The van der Waals surface area contributed by atoms with E-state index in [0.29, 0.717) is 13.1 Å². The smallest absolute Gasteiger partial charge is 0.409 e. The highest BCUT2D eigenvalue weighted by Gasteiger charge is 2.27. The number of amides is 2. The van der Waals surface area contributed by atoms with E-state index in [1.807, 2.05) is 0 Å². The Morgan fingerprint density at radius 2 is 2.21 bits per heavy atom. The van der Waals surface area contributed by atoms with E-state index in [1.165, 1.54) is 7.11 Å². The van der Waals surface area contributed by atoms with Crippen molar-refractivity contribution in [2.24, 2.45) is 5.92 Å². The summed E-state index contributed by atoms with van der Waals surface area (Å²) in [5.74, 6) is -0.0912. The van der Waals surface area contributed by atoms with Gasteiger partial charge in [-0.25, -0.2) is 4.79 Å². The standard InChI is InChI=1S/C9H16N2O3/c1-10-8(12)7-4-3-5-11(6-7)9(13)14-2/h7H,3-6H2,1-2H3,(H,10,12). The molecular weight excluding hydrogens is 184 g/mol. The minimum absolute atomic E-state index is 0.00129. The van der Waals surface area contributed by atoms with E-state index in [9.17, 15) is 9.59 Å². The molecule has 80 valence electrons. The molecule has 5 nitrogen and oxygen atoms in total. The molecule has 5 heteroatoms. The molecule has 0 bridgehead atoms. The van der Waals surface area contributed by atoms with Gasteiger partial charge in [0.05, 0.1) is 13.0 Å². The molecule has 0 spiro atoms. The monoisotopic (exact) mass is 200 g/mol. The Balaban J connectivity index is 2.51. The van der Waals surface area contributed by atoms with Gasteiger partial charge in [0.2, 0.25) is 5.91 Å². The molecule has 0 aromatic rings. The van der Waals surface area contributed by atoms with Crippen LogP contribution in [0.5, 0.6) is 0 Å². The lowest BCUT2D eigenvalue weighted by atomic mass is 9.98. The average molecular weight is 200 g/mol. The summed E-state index contributed by atoms with van der Waals surface area (Å²) in [6, 6.07) is 0. The van der Waals surface area contributed by atoms with E-state index in [4.69, 9.17) is 0 Å². The lowest BCUT2D eigenvalue weighted by Gasteiger charge is -2.30. The second kappa shape index (κ2) is 4.83. The minimum atomic E-state index is -0.349. The normalized spacial score (nSPS) is 21.6. The first-order valence-electron chi connectivity index (χ1n) is 4.73. The minimum Gasteiger partial charge on any atom is -0.453 e. The number of ether oxygens (including phenoxy) is 1. The van der Waals surface area contributed by atoms with Crippen molar-refractivity contribution in [3.05, 3.63) is 0 Å². The second-order valence-corrected chi connectivity index (χ2v) is 3.37. The third kappa shape index (κ3) is 2.37. The maximum atomic E-state index is 11.3. The zero-order valence-corrected chi connectivity index (χ0v) is 8.58. The molecule has 1 unspecified atom stereocenters. The molecule has 0 aromatic carbocycles. The topological polar surface area (TPSA) is 58.6 Å². The van der Waals surface area contributed by atoms with Crippen molar-refractivity contribution < 1.29 is 14.3 Å². The van der Waals surface area contributed by atoms with Gasteiger partial charge in [-0.2, -0.15) is 0 Å². The predicted molar refractivity (Wildman–Crippen MR) is 50.8 cm³/mol. The fourth-order valence-electron chi connectivity index (χ4n) is 1.69. The van der Waals surface area contributed by atoms with E-state index in [1.54, 1.807) is 11.9 Å². The molecule has 1 aliphatic heterocycles. The third-order valence-corrected chi connectivity index (χ3v) is 2.47. The number of rotatable bonds is 1. The van der Waals surface area contributed by atoms with Crippen molar-refractivity contribution in [1.29, 1.82) is 0 Å². The van der Waals surface area contributed by atoms with E-state index in [0.717, 1.165) is 12.8 Å². The SMILES string of the molecule is CNC(=O)C1CCCN(C(=O)OC)C1. The van der Waals surface area contributed by atoms with Crippen LogP contribution in [0.2, 0.25) is 0 Å². The Bertz CT molecular complexity index is 208. The van der Waals surface area contributed by atoms with Crippen LogP contribution in [-0.4, -0.2) is 44.1 Å². The van der Waals surface area contributed by atoms with Gasteiger partial charge in [0, 0.05) is 20.1 Å². The molecule has 2 amide bonds. The Hall–Kier alpha value is -1.26. The van der Waals surface area contributed by atoms with Crippen LogP contribution >= 0.6 is 0 Å². The van der Waals surface area contributed by atoms with Crippen LogP contribution in [0.3, 0.4) is 0 Å². The van der Waals surface area contributed by atoms with Crippen LogP contribution in [0.25, 0.3) is 0 Å². The summed E-state index contributed by atoms with van der Waals surface area (Å²) in [6.07, 6.45) is 1.35. The quantitative estimate of drug-likeness (QED) is 0.658. The highest BCUT2D eigenvalue weighted by atomic mass is 16.5. The second-order valence-electron chi connectivity index (χ2n) is 3.37.